The van der Waals surface area contributed by atoms with Crippen LogP contribution in [0.15, 0.2) is 66.2 Å². The second-order valence-corrected chi connectivity index (χ2v) is 9.52. The third-order valence-corrected chi connectivity index (χ3v) is 6.50. The third-order valence-electron chi connectivity index (χ3n) is 5.25. The van der Waals surface area contributed by atoms with Crippen molar-refractivity contribution in [2.45, 2.75) is 6.92 Å². The first kappa shape index (κ1) is 26.6. The van der Waals surface area contributed by atoms with Crippen LogP contribution in [-0.4, -0.2) is 29.4 Å². The molecule has 1 fully saturated rings. The van der Waals surface area contributed by atoms with Crippen molar-refractivity contribution in [3.63, 3.8) is 0 Å². The molecule has 4 rings (SSSR count). The molecule has 3 aromatic rings. The highest BCUT2D eigenvalue weighted by Gasteiger charge is 2.34. The highest BCUT2D eigenvalue weighted by molar-refractivity contribution is 7.80. The Morgan fingerprint density at radius 2 is 1.70 bits per heavy atom. The fraction of sp³-hybridized carbons (Fsp3) is 0.0769. The maximum absolute atomic E-state index is 13.1. The van der Waals surface area contributed by atoms with Crippen LogP contribution in [0, 0.1) is 6.92 Å². The standard InChI is InChI=1S/C26H18Cl3N3O4S/c1-14-7-8-16(12-19(14)27)30-22(33)13-36-23-20(28)10-15(11-21(23)29)9-18-24(34)31-26(37)32(25(18)35)17-5-3-2-4-6-17/h2-12H,13H2,1H3,(H,30,33)(H,31,34,37)/b18-9-. The van der Waals surface area contributed by atoms with Gasteiger partial charge in [-0.15, -0.1) is 0 Å². The summed E-state index contributed by atoms with van der Waals surface area (Å²) >= 11 is 24.0. The number of para-hydroxylation sites is 1. The molecular weight excluding hydrogens is 557 g/mol. The number of hydrogen-bond acceptors (Lipinski definition) is 5. The number of carbonyl (C=O) groups is 3. The van der Waals surface area contributed by atoms with Gasteiger partial charge in [-0.05, 0) is 72.7 Å². The van der Waals surface area contributed by atoms with Crippen molar-refractivity contribution in [1.29, 1.82) is 0 Å². The Kier molecular flexibility index (Phi) is 8.14. The van der Waals surface area contributed by atoms with Crippen molar-refractivity contribution in [3.8, 4) is 5.75 Å². The average molecular weight is 575 g/mol. The summed E-state index contributed by atoms with van der Waals surface area (Å²) in [7, 11) is 0. The second kappa shape index (κ2) is 11.3. The maximum Gasteiger partial charge on any atom is 0.270 e. The van der Waals surface area contributed by atoms with Gasteiger partial charge in [-0.3, -0.25) is 24.6 Å². The molecule has 0 bridgehead atoms. The van der Waals surface area contributed by atoms with Gasteiger partial charge in [-0.25, -0.2) is 0 Å². The summed E-state index contributed by atoms with van der Waals surface area (Å²) in [5, 5.41) is 5.86. The zero-order chi connectivity index (χ0) is 26.7. The van der Waals surface area contributed by atoms with Gasteiger partial charge in [0.1, 0.15) is 5.57 Å². The van der Waals surface area contributed by atoms with E-state index in [4.69, 9.17) is 51.8 Å². The summed E-state index contributed by atoms with van der Waals surface area (Å²) in [4.78, 5) is 39.2. The van der Waals surface area contributed by atoms with E-state index in [1.54, 1.807) is 48.5 Å². The Balaban J connectivity index is 1.50. The van der Waals surface area contributed by atoms with Crippen LogP contribution >= 0.6 is 47.0 Å². The number of ether oxygens (including phenoxy) is 1. The molecule has 0 unspecified atom stereocenters. The van der Waals surface area contributed by atoms with E-state index in [9.17, 15) is 14.4 Å². The lowest BCUT2D eigenvalue weighted by Crippen LogP contribution is -2.54. The molecule has 3 aromatic carbocycles. The molecule has 2 N–H and O–H groups in total. The van der Waals surface area contributed by atoms with Gasteiger partial charge in [0.2, 0.25) is 0 Å². The molecule has 0 aliphatic carbocycles. The highest BCUT2D eigenvalue weighted by Crippen LogP contribution is 2.35. The van der Waals surface area contributed by atoms with Crippen molar-refractivity contribution in [1.82, 2.24) is 5.32 Å². The summed E-state index contributed by atoms with van der Waals surface area (Å²) < 4.78 is 5.53. The van der Waals surface area contributed by atoms with Crippen LogP contribution in [0.5, 0.6) is 5.75 Å². The van der Waals surface area contributed by atoms with E-state index in [0.29, 0.717) is 22.0 Å². The second-order valence-electron chi connectivity index (χ2n) is 7.91. The summed E-state index contributed by atoms with van der Waals surface area (Å²) in [6.07, 6.45) is 1.35. The van der Waals surface area contributed by atoms with Crippen LogP contribution in [-0.2, 0) is 14.4 Å². The number of nitrogens with zero attached hydrogens (tertiary/aromatic N) is 1. The number of carbonyl (C=O) groups excluding carboxylic acids is 3. The van der Waals surface area contributed by atoms with Crippen molar-refractivity contribution >= 4 is 87.3 Å². The number of amides is 3. The van der Waals surface area contributed by atoms with Gasteiger partial charge in [0, 0.05) is 10.7 Å². The first-order chi connectivity index (χ1) is 17.6. The first-order valence-corrected chi connectivity index (χ1v) is 12.3. The number of aryl methyl sites for hydroxylation is 1. The van der Waals surface area contributed by atoms with E-state index >= 15 is 0 Å². The lowest BCUT2D eigenvalue weighted by Gasteiger charge is -2.28. The Bertz CT molecular complexity index is 1440. The van der Waals surface area contributed by atoms with E-state index in [2.05, 4.69) is 10.6 Å². The lowest BCUT2D eigenvalue weighted by molar-refractivity contribution is -0.122. The molecule has 11 heteroatoms. The molecule has 0 spiro atoms. The molecular formula is C26H18Cl3N3O4S. The van der Waals surface area contributed by atoms with Crippen molar-refractivity contribution in [2.75, 3.05) is 16.8 Å². The Morgan fingerprint density at radius 1 is 1.03 bits per heavy atom. The van der Waals surface area contributed by atoms with Gasteiger partial charge in [0.25, 0.3) is 17.7 Å². The number of thiocarbonyl (C=S) groups is 1. The number of halogens is 3. The van der Waals surface area contributed by atoms with Crippen molar-refractivity contribution in [3.05, 3.63) is 92.4 Å². The summed E-state index contributed by atoms with van der Waals surface area (Å²) in [6, 6.07) is 16.8. The monoisotopic (exact) mass is 573 g/mol. The zero-order valence-corrected chi connectivity index (χ0v) is 22.3. The minimum Gasteiger partial charge on any atom is -0.481 e. The van der Waals surface area contributed by atoms with Crippen molar-refractivity contribution in [2.24, 2.45) is 0 Å². The summed E-state index contributed by atoms with van der Waals surface area (Å²) in [6.45, 7) is 1.49. The minimum atomic E-state index is -0.650. The predicted octanol–water partition coefficient (Wildman–Crippen LogP) is 5.80. The van der Waals surface area contributed by atoms with E-state index in [-0.39, 0.29) is 33.1 Å². The number of benzene rings is 3. The van der Waals surface area contributed by atoms with Crippen LogP contribution in [0.4, 0.5) is 11.4 Å². The number of nitrogens with one attached hydrogen (secondary N) is 2. The summed E-state index contributed by atoms with van der Waals surface area (Å²) in [5.74, 6) is -1.61. The van der Waals surface area contributed by atoms with Gasteiger partial charge in [0.15, 0.2) is 17.5 Å². The predicted molar refractivity (Wildman–Crippen MR) is 149 cm³/mol. The topological polar surface area (TPSA) is 87.7 Å². The molecule has 0 radical (unpaired) electrons. The zero-order valence-electron chi connectivity index (χ0n) is 19.2. The van der Waals surface area contributed by atoms with Crippen LogP contribution in [0.25, 0.3) is 6.08 Å². The van der Waals surface area contributed by atoms with Gasteiger partial charge < -0.3 is 10.1 Å². The first-order valence-electron chi connectivity index (χ1n) is 10.8. The van der Waals surface area contributed by atoms with E-state index in [1.165, 1.54) is 23.1 Å². The van der Waals surface area contributed by atoms with E-state index < -0.39 is 17.7 Å². The number of hydrogen-bond donors (Lipinski definition) is 2. The van der Waals surface area contributed by atoms with Gasteiger partial charge in [-0.2, -0.15) is 0 Å². The fourth-order valence-electron chi connectivity index (χ4n) is 3.44. The van der Waals surface area contributed by atoms with Crippen LogP contribution < -0.4 is 20.3 Å². The molecule has 3 amide bonds. The summed E-state index contributed by atoms with van der Waals surface area (Å²) in [5.41, 5.74) is 2.12. The maximum atomic E-state index is 13.1. The fourth-order valence-corrected chi connectivity index (χ4v) is 4.52. The van der Waals surface area contributed by atoms with Gasteiger partial charge in [0.05, 0.1) is 15.7 Å². The quantitative estimate of drug-likeness (QED) is 0.221. The lowest BCUT2D eigenvalue weighted by atomic mass is 10.1. The Morgan fingerprint density at radius 3 is 2.35 bits per heavy atom. The molecule has 37 heavy (non-hydrogen) atoms. The SMILES string of the molecule is Cc1ccc(NC(=O)COc2c(Cl)cc(/C=C3/C(=O)NC(=S)N(c4ccccc4)C3=O)cc2Cl)cc1Cl. The van der Waals surface area contributed by atoms with Gasteiger partial charge >= 0.3 is 0 Å². The molecule has 1 heterocycles. The number of anilines is 2. The molecule has 0 aromatic heterocycles. The Hall–Kier alpha value is -3.43. The molecule has 0 atom stereocenters. The van der Waals surface area contributed by atoms with E-state index in [0.717, 1.165) is 5.56 Å². The molecule has 7 nitrogen and oxygen atoms in total. The van der Waals surface area contributed by atoms with Crippen LogP contribution in [0.1, 0.15) is 11.1 Å². The molecule has 1 saturated heterocycles. The van der Waals surface area contributed by atoms with Crippen molar-refractivity contribution < 1.29 is 19.1 Å². The third kappa shape index (κ3) is 6.11. The molecule has 188 valence electrons. The molecule has 1 aliphatic rings. The molecule has 1 aliphatic heterocycles. The highest BCUT2D eigenvalue weighted by atomic mass is 35.5. The smallest absolute Gasteiger partial charge is 0.270 e. The van der Waals surface area contributed by atoms with Crippen LogP contribution in [0.2, 0.25) is 15.1 Å². The number of rotatable bonds is 6. The normalized spacial score (nSPS) is 14.5. The minimum absolute atomic E-state index is 0.0238. The largest absolute Gasteiger partial charge is 0.481 e. The average Bonchev–Trinajstić information content (AvgIpc) is 2.84. The molecule has 0 saturated carbocycles. The van der Waals surface area contributed by atoms with Gasteiger partial charge in [-0.1, -0.05) is 59.1 Å². The van der Waals surface area contributed by atoms with E-state index in [1.807, 2.05) is 6.92 Å². The Labute approximate surface area is 232 Å². The van der Waals surface area contributed by atoms with Crippen LogP contribution in [0.3, 0.4) is 0 Å².